The number of nitrogens with zero attached hydrogens (tertiary/aromatic N) is 2. The Bertz CT molecular complexity index is 757. The molecule has 1 rings (SSSR count). The molecule has 1 aromatic carbocycles. The lowest BCUT2D eigenvalue weighted by molar-refractivity contribution is 0.180. The van der Waals surface area contributed by atoms with E-state index in [9.17, 15) is 13.2 Å². The zero-order valence-corrected chi connectivity index (χ0v) is 18.7. The highest BCUT2D eigenvalue weighted by molar-refractivity contribution is 7.87. The van der Waals surface area contributed by atoms with E-state index >= 15 is 0 Å². The van der Waals surface area contributed by atoms with E-state index in [1.54, 1.807) is 23.1 Å². The highest BCUT2D eigenvalue weighted by Crippen LogP contribution is 2.30. The van der Waals surface area contributed by atoms with Gasteiger partial charge in [0.05, 0.1) is 12.9 Å². The highest BCUT2D eigenvalue weighted by atomic mass is 32.2. The lowest BCUT2D eigenvalue weighted by Gasteiger charge is -2.29. The van der Waals surface area contributed by atoms with Crippen LogP contribution in [0.3, 0.4) is 0 Å². The van der Waals surface area contributed by atoms with E-state index in [4.69, 9.17) is 8.92 Å². The molecule has 0 fully saturated rings. The molecule has 0 spiro atoms. The maximum Gasteiger partial charge on any atom is 0.318 e. The minimum absolute atomic E-state index is 0.116. The molecule has 1 N–H and O–H groups in total. The van der Waals surface area contributed by atoms with Gasteiger partial charge < -0.3 is 24.0 Å². The molecule has 0 aliphatic heterocycles. The molecule has 28 heavy (non-hydrogen) atoms. The Labute approximate surface area is 168 Å². The Balaban J connectivity index is 3.11. The molecule has 0 heterocycles. The van der Waals surface area contributed by atoms with Crippen molar-refractivity contribution in [3.63, 3.8) is 0 Å². The highest BCUT2D eigenvalue weighted by Gasteiger charge is 2.21. The summed E-state index contributed by atoms with van der Waals surface area (Å²) in [6.45, 7) is 8.79. The van der Waals surface area contributed by atoms with Gasteiger partial charge in [0, 0.05) is 25.2 Å². The fourth-order valence-corrected chi connectivity index (χ4v) is 2.80. The first-order chi connectivity index (χ1) is 12.9. The van der Waals surface area contributed by atoms with E-state index in [0.29, 0.717) is 25.4 Å². The van der Waals surface area contributed by atoms with Crippen molar-refractivity contribution in [3.05, 3.63) is 23.8 Å². The van der Waals surface area contributed by atoms with Crippen LogP contribution >= 0.6 is 0 Å². The summed E-state index contributed by atoms with van der Waals surface area (Å²) in [7, 11) is 1.63. The monoisotopic (exact) mass is 415 g/mol. The summed E-state index contributed by atoms with van der Waals surface area (Å²) >= 11 is 0. The number of likely N-dealkylation sites (N-methyl/N-ethyl adjacent to an activating group) is 1. The zero-order valence-electron chi connectivity index (χ0n) is 17.9. The van der Waals surface area contributed by atoms with E-state index in [0.717, 1.165) is 5.56 Å². The number of amides is 2. The Morgan fingerprint density at radius 2 is 1.79 bits per heavy atom. The molecule has 0 atom stereocenters. The van der Waals surface area contributed by atoms with Crippen LogP contribution in [0.2, 0.25) is 0 Å². The molecule has 0 saturated heterocycles. The van der Waals surface area contributed by atoms with E-state index in [2.05, 4.69) is 5.32 Å². The van der Waals surface area contributed by atoms with Crippen LogP contribution in [-0.2, 0) is 16.7 Å². The predicted molar refractivity (Wildman–Crippen MR) is 110 cm³/mol. The summed E-state index contributed by atoms with van der Waals surface area (Å²) in [5.74, 6) is 0.286. The van der Waals surface area contributed by atoms with Crippen LogP contribution in [0.4, 0.5) is 4.79 Å². The van der Waals surface area contributed by atoms with E-state index in [1.165, 1.54) is 14.0 Å². The van der Waals surface area contributed by atoms with Crippen molar-refractivity contribution in [2.24, 2.45) is 0 Å². The van der Waals surface area contributed by atoms with Crippen molar-refractivity contribution in [1.82, 2.24) is 15.1 Å². The topological polar surface area (TPSA) is 88.2 Å². The van der Waals surface area contributed by atoms with Crippen LogP contribution in [-0.4, -0.2) is 69.8 Å². The number of benzene rings is 1. The summed E-state index contributed by atoms with van der Waals surface area (Å²) in [6, 6.07) is 4.84. The van der Waals surface area contributed by atoms with Crippen molar-refractivity contribution in [1.29, 1.82) is 0 Å². The average molecular weight is 416 g/mol. The number of nitrogens with one attached hydrogen (secondary N) is 1. The second kappa shape index (κ2) is 9.97. The molecule has 1 aromatic rings. The Kier molecular flexibility index (Phi) is 8.56. The maximum atomic E-state index is 12.7. The number of hydrogen-bond donors (Lipinski definition) is 1. The molecule has 0 radical (unpaired) electrons. The SMILES string of the molecule is CCS(=O)(=O)Oc1cc(CN(CCN(C)C)C(=O)NC(C)(C)C)ccc1OC. The quantitative estimate of drug-likeness (QED) is 0.623. The summed E-state index contributed by atoms with van der Waals surface area (Å²) < 4.78 is 34.1. The van der Waals surface area contributed by atoms with Crippen molar-refractivity contribution in [2.45, 2.75) is 39.8 Å². The van der Waals surface area contributed by atoms with Crippen LogP contribution in [0.15, 0.2) is 18.2 Å². The fourth-order valence-electron chi connectivity index (χ4n) is 2.27. The first kappa shape index (κ1) is 24.0. The van der Waals surface area contributed by atoms with Gasteiger partial charge in [-0.05, 0) is 59.5 Å². The molecule has 0 unspecified atom stereocenters. The molecule has 0 aromatic heterocycles. The average Bonchev–Trinajstić information content (AvgIpc) is 2.56. The van der Waals surface area contributed by atoms with Crippen molar-refractivity contribution in [2.75, 3.05) is 40.0 Å². The summed E-state index contributed by atoms with van der Waals surface area (Å²) in [5, 5.41) is 2.96. The number of hydrogen-bond acceptors (Lipinski definition) is 6. The molecule has 0 bridgehead atoms. The van der Waals surface area contributed by atoms with E-state index < -0.39 is 10.1 Å². The maximum absolute atomic E-state index is 12.7. The predicted octanol–water partition coefficient (Wildman–Crippen LogP) is 2.30. The molecule has 0 aliphatic rings. The van der Waals surface area contributed by atoms with Gasteiger partial charge in [-0.15, -0.1) is 0 Å². The second-order valence-electron chi connectivity index (χ2n) is 7.82. The molecule has 0 saturated carbocycles. The minimum atomic E-state index is -3.69. The largest absolute Gasteiger partial charge is 0.493 e. The Morgan fingerprint density at radius 3 is 2.29 bits per heavy atom. The molecular formula is C19H33N3O5S. The molecular weight excluding hydrogens is 382 g/mol. The lowest BCUT2D eigenvalue weighted by atomic mass is 10.1. The molecule has 160 valence electrons. The van der Waals surface area contributed by atoms with Gasteiger partial charge in [0.1, 0.15) is 0 Å². The fraction of sp³-hybridized carbons (Fsp3) is 0.632. The number of urea groups is 1. The Hall–Kier alpha value is -2.00. The van der Waals surface area contributed by atoms with Gasteiger partial charge in [0.2, 0.25) is 0 Å². The van der Waals surface area contributed by atoms with Gasteiger partial charge in [-0.25, -0.2) is 4.79 Å². The van der Waals surface area contributed by atoms with Crippen molar-refractivity contribution < 1.29 is 22.1 Å². The van der Waals surface area contributed by atoms with E-state index in [-0.39, 0.29) is 23.1 Å². The number of carbonyl (C=O) groups is 1. The molecule has 2 amide bonds. The Morgan fingerprint density at radius 1 is 1.14 bits per heavy atom. The van der Waals surface area contributed by atoms with Gasteiger partial charge in [-0.2, -0.15) is 8.42 Å². The number of methoxy groups -OCH3 is 1. The normalized spacial score (nSPS) is 12.0. The van der Waals surface area contributed by atoms with Crippen LogP contribution < -0.4 is 14.2 Å². The number of rotatable bonds is 9. The van der Waals surface area contributed by atoms with Gasteiger partial charge >= 0.3 is 16.1 Å². The lowest BCUT2D eigenvalue weighted by Crippen LogP contribution is -2.49. The summed E-state index contributed by atoms with van der Waals surface area (Å²) in [6.07, 6.45) is 0. The smallest absolute Gasteiger partial charge is 0.318 e. The van der Waals surface area contributed by atoms with Crippen molar-refractivity contribution >= 4 is 16.1 Å². The minimum Gasteiger partial charge on any atom is -0.493 e. The third-order valence-corrected chi connectivity index (χ3v) is 4.90. The van der Waals surface area contributed by atoms with Gasteiger partial charge in [-0.3, -0.25) is 0 Å². The third-order valence-electron chi connectivity index (χ3n) is 3.76. The first-order valence-electron chi connectivity index (χ1n) is 9.17. The summed E-state index contributed by atoms with van der Waals surface area (Å²) in [5.41, 5.74) is 0.376. The third kappa shape index (κ3) is 8.35. The summed E-state index contributed by atoms with van der Waals surface area (Å²) in [4.78, 5) is 16.4. The standard InChI is InChI=1S/C19H33N3O5S/c1-8-28(24,25)27-17-13-15(9-10-16(17)26-7)14-22(12-11-21(5)6)18(23)20-19(2,3)4/h9-10,13H,8,11-12,14H2,1-7H3,(H,20,23). The molecule has 9 heteroatoms. The van der Waals surface area contributed by atoms with Crippen LogP contribution in [0, 0.1) is 0 Å². The molecule has 0 aliphatic carbocycles. The van der Waals surface area contributed by atoms with Crippen LogP contribution in [0.1, 0.15) is 33.3 Å². The van der Waals surface area contributed by atoms with Crippen LogP contribution in [0.25, 0.3) is 0 Å². The zero-order chi connectivity index (χ0) is 21.5. The number of carbonyl (C=O) groups excluding carboxylic acids is 1. The second-order valence-corrected chi connectivity index (χ2v) is 9.68. The van der Waals surface area contributed by atoms with E-state index in [1.807, 2.05) is 39.8 Å². The first-order valence-corrected chi connectivity index (χ1v) is 10.8. The molecule has 8 nitrogen and oxygen atoms in total. The van der Waals surface area contributed by atoms with Gasteiger partial charge in [0.25, 0.3) is 0 Å². The van der Waals surface area contributed by atoms with Crippen LogP contribution in [0.5, 0.6) is 11.5 Å². The van der Waals surface area contributed by atoms with Gasteiger partial charge in [-0.1, -0.05) is 6.07 Å². The number of ether oxygens (including phenoxy) is 1. The van der Waals surface area contributed by atoms with Gasteiger partial charge in [0.15, 0.2) is 11.5 Å². The van der Waals surface area contributed by atoms with Crippen molar-refractivity contribution in [3.8, 4) is 11.5 Å².